The minimum atomic E-state index is 0.125. The van der Waals surface area contributed by atoms with Crippen LogP contribution in [-0.4, -0.2) is 19.2 Å². The zero-order valence-corrected chi connectivity index (χ0v) is 2.42. The summed E-state index contributed by atoms with van der Waals surface area (Å²) in [6, 6.07) is 0. The second kappa shape index (κ2) is 3.49. The summed E-state index contributed by atoms with van der Waals surface area (Å²) in [5.41, 5.74) is 0. The van der Waals surface area contributed by atoms with E-state index in [4.69, 9.17) is 9.82 Å². The quantitative estimate of drug-likeness (QED) is 0.326. The van der Waals surface area contributed by atoms with Gasteiger partial charge in [-0.1, -0.05) is 0 Å². The normalized spacial score (nSPS) is 5.80. The third kappa shape index (κ3) is 3.49. The minimum absolute atomic E-state index is 0.125. The molecule has 0 aliphatic rings. The Balaban J connectivity index is 2.40. The first-order valence-electron chi connectivity index (χ1n) is 0.965. The Bertz CT molecular complexity index is 28.1. The summed E-state index contributed by atoms with van der Waals surface area (Å²) in [4.78, 5) is 8.99. The molecule has 27 valence electrons. The molecule has 0 aliphatic heterocycles. The van der Waals surface area contributed by atoms with E-state index in [-0.39, 0.29) is 6.47 Å². The van der Waals surface area contributed by atoms with Gasteiger partial charge in [0.05, 0.1) is 0 Å². The maximum atomic E-state index is 8.99. The summed E-state index contributed by atoms with van der Waals surface area (Å²) in [7, 11) is 0.312. The van der Waals surface area contributed by atoms with E-state index in [0.717, 1.165) is 0 Å². The topological polar surface area (TPSA) is 46.5 Å². The third-order valence-electron chi connectivity index (χ3n) is 0.116. The molecule has 0 saturated carbocycles. The summed E-state index contributed by atoms with van der Waals surface area (Å²) in [6.45, 7) is 0.125. The Morgan fingerprint density at radius 1 is 2.00 bits per heavy atom. The van der Waals surface area contributed by atoms with Crippen LogP contribution in [0.25, 0.3) is 0 Å². The van der Waals surface area contributed by atoms with Crippen LogP contribution in [0.1, 0.15) is 0 Å². The molecule has 0 saturated heterocycles. The Morgan fingerprint density at radius 2 is 2.60 bits per heavy atom. The Labute approximate surface area is 29.9 Å². The highest BCUT2D eigenvalue weighted by atomic mass is 16.5. The van der Waals surface area contributed by atoms with Crippen LogP contribution in [0.4, 0.5) is 0 Å². The largest absolute Gasteiger partial charge is 0.571 e. The first-order chi connectivity index (χ1) is 2.41. The van der Waals surface area contributed by atoms with Gasteiger partial charge in [0.25, 0.3) is 6.47 Å². The van der Waals surface area contributed by atoms with Gasteiger partial charge in [0.1, 0.15) is 0 Å². The van der Waals surface area contributed by atoms with Crippen LogP contribution in [-0.2, 0) is 9.45 Å². The second-order valence-electron chi connectivity index (χ2n) is 0.338. The van der Waals surface area contributed by atoms with Crippen molar-refractivity contribution in [2.45, 2.75) is 0 Å². The van der Waals surface area contributed by atoms with Crippen molar-refractivity contribution in [3.05, 3.63) is 0 Å². The molecule has 0 fully saturated rings. The fourth-order valence-electron chi connectivity index (χ4n) is 0.0248. The third-order valence-corrected chi connectivity index (χ3v) is 0.116. The number of hydrogen-bond acceptors (Lipinski definition) is 3. The first kappa shape index (κ1) is 4.49. The van der Waals surface area contributed by atoms with Crippen LogP contribution in [0.5, 0.6) is 0 Å². The monoisotopic (exact) mass is 73.0 g/mol. The van der Waals surface area contributed by atoms with Crippen molar-refractivity contribution < 1.29 is 14.5 Å². The van der Waals surface area contributed by atoms with Gasteiger partial charge in [-0.15, -0.1) is 0 Å². The molecule has 0 heterocycles. The van der Waals surface area contributed by atoms with Gasteiger partial charge in [-0.3, -0.25) is 4.79 Å². The van der Waals surface area contributed by atoms with Gasteiger partial charge >= 0.3 is 7.69 Å². The Morgan fingerprint density at radius 3 is 2.60 bits per heavy atom. The van der Waals surface area contributed by atoms with E-state index in [1.54, 1.807) is 0 Å². The zero-order chi connectivity index (χ0) is 4.12. The molecule has 0 rings (SSSR count). The minimum Gasteiger partial charge on any atom is -0.513 e. The highest BCUT2D eigenvalue weighted by Crippen LogP contribution is 1.45. The lowest BCUT2D eigenvalue weighted by Gasteiger charge is -1.75. The van der Waals surface area contributed by atoms with Crippen molar-refractivity contribution in [3.8, 4) is 0 Å². The lowest BCUT2D eigenvalue weighted by molar-refractivity contribution is -0.121. The van der Waals surface area contributed by atoms with E-state index in [9.17, 15) is 0 Å². The Hall–Kier alpha value is -0.505. The SMILES string of the molecule is O=CO[B]O. The fraction of sp³-hybridized carbons (Fsp3) is 0. The second-order valence-corrected chi connectivity index (χ2v) is 0.338. The molecular weight excluding hydrogens is 70.8 g/mol. The molecule has 0 aliphatic carbocycles. The maximum Gasteiger partial charge on any atom is 0.571 e. The van der Waals surface area contributed by atoms with Gasteiger partial charge < -0.3 is 9.68 Å². The van der Waals surface area contributed by atoms with Gasteiger partial charge in [-0.05, 0) is 0 Å². The fourth-order valence-corrected chi connectivity index (χ4v) is 0.0248. The van der Waals surface area contributed by atoms with E-state index in [1.807, 2.05) is 0 Å². The molecule has 1 radical (unpaired) electrons. The summed E-state index contributed by atoms with van der Waals surface area (Å²) >= 11 is 0. The maximum absolute atomic E-state index is 8.99. The van der Waals surface area contributed by atoms with E-state index >= 15 is 0 Å². The molecule has 0 aromatic heterocycles. The smallest absolute Gasteiger partial charge is 0.513 e. The van der Waals surface area contributed by atoms with Crippen molar-refractivity contribution in [2.24, 2.45) is 0 Å². The summed E-state index contributed by atoms with van der Waals surface area (Å²) < 4.78 is 3.58. The van der Waals surface area contributed by atoms with Crippen LogP contribution in [0.3, 0.4) is 0 Å². The summed E-state index contributed by atoms with van der Waals surface area (Å²) in [5.74, 6) is 0. The number of carbonyl (C=O) groups excluding carboxylic acids is 1. The predicted octanol–water partition coefficient (Wildman–Crippen LogP) is -1.31. The van der Waals surface area contributed by atoms with Crippen molar-refractivity contribution in [1.82, 2.24) is 0 Å². The lowest BCUT2D eigenvalue weighted by Crippen LogP contribution is -1.91. The molecule has 5 heavy (non-hydrogen) atoms. The highest BCUT2D eigenvalue weighted by Gasteiger charge is 1.74. The molecule has 0 aromatic rings. The molecule has 0 unspecified atom stereocenters. The number of carbonyl (C=O) groups is 1. The van der Waals surface area contributed by atoms with Crippen LogP contribution in [0, 0.1) is 0 Å². The molecular formula is CH2BO3. The molecule has 0 aromatic carbocycles. The number of rotatable bonds is 2. The Kier molecular flexibility index (Phi) is 3.14. The van der Waals surface area contributed by atoms with Crippen LogP contribution >= 0.6 is 0 Å². The molecule has 0 amide bonds. The lowest BCUT2D eigenvalue weighted by atomic mass is 10.4. The molecule has 3 nitrogen and oxygen atoms in total. The highest BCUT2D eigenvalue weighted by molar-refractivity contribution is 6.18. The average molecular weight is 72.8 g/mol. The van der Waals surface area contributed by atoms with E-state index in [0.29, 0.717) is 7.69 Å². The van der Waals surface area contributed by atoms with Crippen molar-refractivity contribution in [3.63, 3.8) is 0 Å². The first-order valence-corrected chi connectivity index (χ1v) is 0.965. The molecule has 0 spiro atoms. The van der Waals surface area contributed by atoms with Gasteiger partial charge in [0, 0.05) is 0 Å². The van der Waals surface area contributed by atoms with Gasteiger partial charge in [-0.25, -0.2) is 0 Å². The summed E-state index contributed by atoms with van der Waals surface area (Å²) in [6.07, 6.45) is 0. The average Bonchev–Trinajstić information content (AvgIpc) is 1.41. The molecule has 0 atom stereocenters. The summed E-state index contributed by atoms with van der Waals surface area (Å²) in [5, 5.41) is 7.49. The standard InChI is InChI=1S/CH2BO3/c3-1-5-2-4/h1,4H. The predicted molar refractivity (Wildman–Crippen MR) is 15.1 cm³/mol. The van der Waals surface area contributed by atoms with Crippen molar-refractivity contribution in [2.75, 3.05) is 0 Å². The zero-order valence-electron chi connectivity index (χ0n) is 2.42. The van der Waals surface area contributed by atoms with E-state index in [2.05, 4.69) is 4.65 Å². The number of hydrogen-bond donors (Lipinski definition) is 1. The van der Waals surface area contributed by atoms with E-state index < -0.39 is 0 Å². The van der Waals surface area contributed by atoms with Gasteiger partial charge in [-0.2, -0.15) is 0 Å². The molecule has 4 heteroatoms. The van der Waals surface area contributed by atoms with Crippen molar-refractivity contribution in [1.29, 1.82) is 0 Å². The van der Waals surface area contributed by atoms with E-state index in [1.165, 1.54) is 0 Å². The molecule has 0 bridgehead atoms. The van der Waals surface area contributed by atoms with Crippen LogP contribution < -0.4 is 0 Å². The van der Waals surface area contributed by atoms with Crippen molar-refractivity contribution >= 4 is 14.2 Å². The van der Waals surface area contributed by atoms with Gasteiger partial charge in [0.15, 0.2) is 0 Å². The molecule has 1 N–H and O–H groups in total. The van der Waals surface area contributed by atoms with Gasteiger partial charge in [0.2, 0.25) is 0 Å². The van der Waals surface area contributed by atoms with Crippen LogP contribution in [0.15, 0.2) is 0 Å². The van der Waals surface area contributed by atoms with Crippen LogP contribution in [0.2, 0.25) is 0 Å².